The number of rotatable bonds is 14. The molecule has 0 aliphatic heterocycles. The summed E-state index contributed by atoms with van der Waals surface area (Å²) in [5.74, 6) is -1.15. The van der Waals surface area contributed by atoms with Crippen LogP contribution in [0.4, 0.5) is 8.78 Å². The van der Waals surface area contributed by atoms with E-state index in [0.29, 0.717) is 18.6 Å². The van der Waals surface area contributed by atoms with Crippen molar-refractivity contribution in [2.45, 2.75) is 96.4 Å². The molecule has 3 unspecified atom stereocenters. The Morgan fingerprint density at radius 3 is 2.44 bits per heavy atom. The maximum atomic E-state index is 15.6. The molecule has 0 fully saturated rings. The SMILES string of the molecule is CCCCCCCOC1(CC(C)OC(=O)CCCC)C=CC(c2ccccc2)=C(F)C1F. The predicted molar refractivity (Wildman–Crippen MR) is 126 cm³/mol. The van der Waals surface area contributed by atoms with Crippen LogP contribution in [0.3, 0.4) is 0 Å². The minimum absolute atomic E-state index is 0.0625. The molecule has 0 aromatic heterocycles. The van der Waals surface area contributed by atoms with Gasteiger partial charge in [-0.15, -0.1) is 0 Å². The van der Waals surface area contributed by atoms with Crippen LogP contribution in [-0.2, 0) is 14.3 Å². The second-order valence-electron chi connectivity index (χ2n) is 8.65. The van der Waals surface area contributed by atoms with Crippen molar-refractivity contribution in [3.05, 3.63) is 53.9 Å². The number of benzene rings is 1. The fourth-order valence-corrected chi connectivity index (χ4v) is 4.01. The third kappa shape index (κ3) is 7.54. The first-order chi connectivity index (χ1) is 15.4. The molecule has 2 rings (SSSR count). The highest BCUT2D eigenvalue weighted by atomic mass is 19.2. The summed E-state index contributed by atoms with van der Waals surface area (Å²) >= 11 is 0. The van der Waals surface area contributed by atoms with E-state index in [-0.39, 0.29) is 18.0 Å². The van der Waals surface area contributed by atoms with Crippen molar-refractivity contribution in [3.63, 3.8) is 0 Å². The number of esters is 1. The van der Waals surface area contributed by atoms with Crippen LogP contribution in [0.2, 0.25) is 0 Å². The molecule has 3 nitrogen and oxygen atoms in total. The summed E-state index contributed by atoms with van der Waals surface area (Å²) in [6.45, 7) is 6.19. The van der Waals surface area contributed by atoms with Crippen LogP contribution in [0.25, 0.3) is 5.57 Å². The minimum atomic E-state index is -1.96. The second kappa shape index (κ2) is 13.5. The summed E-state index contributed by atoms with van der Waals surface area (Å²) in [4.78, 5) is 12.0. The van der Waals surface area contributed by atoms with Crippen molar-refractivity contribution in [1.82, 2.24) is 0 Å². The average molecular weight is 449 g/mol. The summed E-state index contributed by atoms with van der Waals surface area (Å²) in [7, 11) is 0. The number of carbonyl (C=O) groups excluding carboxylic acids is 1. The van der Waals surface area contributed by atoms with Crippen LogP contribution in [0.15, 0.2) is 48.3 Å². The lowest BCUT2D eigenvalue weighted by Gasteiger charge is -2.38. The maximum Gasteiger partial charge on any atom is 0.306 e. The molecule has 1 aliphatic carbocycles. The summed E-state index contributed by atoms with van der Waals surface area (Å²) in [6.07, 6.45) is 7.84. The first-order valence-electron chi connectivity index (χ1n) is 12.0. The van der Waals surface area contributed by atoms with Gasteiger partial charge in [0.2, 0.25) is 0 Å². The molecule has 178 valence electrons. The van der Waals surface area contributed by atoms with Crippen LogP contribution >= 0.6 is 0 Å². The van der Waals surface area contributed by atoms with Gasteiger partial charge in [0.25, 0.3) is 0 Å². The highest BCUT2D eigenvalue weighted by molar-refractivity contribution is 5.78. The van der Waals surface area contributed by atoms with E-state index in [1.165, 1.54) is 0 Å². The van der Waals surface area contributed by atoms with Crippen LogP contribution in [0.5, 0.6) is 0 Å². The van der Waals surface area contributed by atoms with Crippen molar-refractivity contribution in [2.24, 2.45) is 0 Å². The topological polar surface area (TPSA) is 35.5 Å². The second-order valence-corrected chi connectivity index (χ2v) is 8.65. The van der Waals surface area contributed by atoms with Gasteiger partial charge < -0.3 is 9.47 Å². The number of carbonyl (C=O) groups is 1. The van der Waals surface area contributed by atoms with Gasteiger partial charge in [-0.25, -0.2) is 8.78 Å². The van der Waals surface area contributed by atoms with E-state index in [1.807, 2.05) is 13.0 Å². The highest BCUT2D eigenvalue weighted by Gasteiger charge is 2.46. The first kappa shape index (κ1) is 26.2. The molecule has 0 radical (unpaired) electrons. The normalized spacial score (nSPS) is 21.6. The van der Waals surface area contributed by atoms with Crippen LogP contribution in [-0.4, -0.2) is 30.5 Å². The fourth-order valence-electron chi connectivity index (χ4n) is 4.01. The number of allylic oxidation sites excluding steroid dienone is 2. The van der Waals surface area contributed by atoms with E-state index in [2.05, 4.69) is 6.92 Å². The van der Waals surface area contributed by atoms with Crippen LogP contribution in [0.1, 0.15) is 84.1 Å². The fraction of sp³-hybridized carbons (Fsp3) is 0.593. The van der Waals surface area contributed by atoms with Gasteiger partial charge in [-0.05, 0) is 31.4 Å². The molecular weight excluding hydrogens is 410 g/mol. The zero-order valence-electron chi connectivity index (χ0n) is 19.7. The van der Waals surface area contributed by atoms with Crippen molar-refractivity contribution in [1.29, 1.82) is 0 Å². The zero-order valence-corrected chi connectivity index (χ0v) is 19.7. The predicted octanol–water partition coefficient (Wildman–Crippen LogP) is 7.51. The lowest BCUT2D eigenvalue weighted by molar-refractivity contribution is -0.153. The molecule has 3 atom stereocenters. The third-order valence-corrected chi connectivity index (χ3v) is 5.82. The summed E-state index contributed by atoms with van der Waals surface area (Å²) < 4.78 is 42.4. The van der Waals surface area contributed by atoms with Crippen LogP contribution in [0, 0.1) is 0 Å². The molecule has 5 heteroatoms. The molecular formula is C27H38F2O3. The van der Waals surface area contributed by atoms with Crippen molar-refractivity contribution < 1.29 is 23.0 Å². The Balaban J connectivity index is 2.14. The molecule has 0 heterocycles. The van der Waals surface area contributed by atoms with Gasteiger partial charge in [0.1, 0.15) is 17.5 Å². The Kier molecular flexibility index (Phi) is 11.1. The Labute approximate surface area is 191 Å². The largest absolute Gasteiger partial charge is 0.463 e. The molecule has 0 N–H and O–H groups in total. The van der Waals surface area contributed by atoms with Crippen LogP contribution < -0.4 is 0 Å². The molecule has 1 aromatic rings. The Morgan fingerprint density at radius 2 is 1.75 bits per heavy atom. The van der Waals surface area contributed by atoms with Crippen molar-refractivity contribution in [3.8, 4) is 0 Å². The van der Waals surface area contributed by atoms with Gasteiger partial charge in [0.15, 0.2) is 6.17 Å². The van der Waals surface area contributed by atoms with E-state index < -0.39 is 23.7 Å². The monoisotopic (exact) mass is 448 g/mol. The number of hydrogen-bond acceptors (Lipinski definition) is 3. The molecule has 1 aromatic carbocycles. The number of alkyl halides is 1. The van der Waals surface area contributed by atoms with E-state index in [1.54, 1.807) is 43.3 Å². The minimum Gasteiger partial charge on any atom is -0.463 e. The van der Waals surface area contributed by atoms with Gasteiger partial charge in [-0.1, -0.05) is 82.4 Å². The Morgan fingerprint density at radius 1 is 1.06 bits per heavy atom. The quantitative estimate of drug-likeness (QED) is 0.218. The third-order valence-electron chi connectivity index (χ3n) is 5.82. The number of hydrogen-bond donors (Lipinski definition) is 0. The Bertz CT molecular complexity index is 759. The number of halogens is 2. The summed E-state index contributed by atoms with van der Waals surface area (Å²) in [5.41, 5.74) is -0.638. The molecule has 32 heavy (non-hydrogen) atoms. The molecule has 0 spiro atoms. The standard InChI is InChI=1S/C27H38F2O3/c1-4-6-8-9-13-19-31-27(20-21(3)32-24(30)16-7-5-2)18-17-23(25(28)26(27)29)22-14-11-10-12-15-22/h10-12,14-15,17-18,21,26H,4-9,13,16,19-20H2,1-3H3. The van der Waals surface area contributed by atoms with Crippen molar-refractivity contribution >= 4 is 11.5 Å². The summed E-state index contributed by atoms with van der Waals surface area (Å²) in [5, 5.41) is 0. The van der Waals surface area contributed by atoms with Gasteiger partial charge >= 0.3 is 5.97 Å². The van der Waals surface area contributed by atoms with Crippen molar-refractivity contribution in [2.75, 3.05) is 6.61 Å². The summed E-state index contributed by atoms with van der Waals surface area (Å²) in [6, 6.07) is 8.94. The lowest BCUT2D eigenvalue weighted by atomic mass is 9.83. The van der Waals surface area contributed by atoms with E-state index in [0.717, 1.165) is 44.9 Å². The molecule has 0 saturated heterocycles. The van der Waals surface area contributed by atoms with E-state index in [4.69, 9.17) is 9.47 Å². The molecule has 0 saturated carbocycles. The van der Waals surface area contributed by atoms with E-state index in [9.17, 15) is 4.79 Å². The number of ether oxygens (including phenoxy) is 2. The number of unbranched alkanes of at least 4 members (excludes halogenated alkanes) is 5. The average Bonchev–Trinajstić information content (AvgIpc) is 2.79. The Hall–Kier alpha value is -2.01. The molecule has 1 aliphatic rings. The lowest BCUT2D eigenvalue weighted by Crippen LogP contribution is -2.46. The zero-order chi connectivity index (χ0) is 23.4. The maximum absolute atomic E-state index is 15.6. The van der Waals surface area contributed by atoms with Gasteiger partial charge in [-0.2, -0.15) is 0 Å². The highest BCUT2D eigenvalue weighted by Crippen LogP contribution is 2.41. The van der Waals surface area contributed by atoms with E-state index >= 15 is 8.78 Å². The van der Waals surface area contributed by atoms with Gasteiger partial charge in [-0.3, -0.25) is 4.79 Å². The molecule has 0 amide bonds. The first-order valence-corrected chi connectivity index (χ1v) is 12.0. The van der Waals surface area contributed by atoms with Gasteiger partial charge in [0.05, 0.1) is 0 Å². The smallest absolute Gasteiger partial charge is 0.306 e. The molecule has 0 bridgehead atoms. The van der Waals surface area contributed by atoms with Gasteiger partial charge in [0, 0.05) is 25.0 Å².